The van der Waals surface area contributed by atoms with Gasteiger partial charge in [-0.15, -0.1) is 0 Å². The van der Waals surface area contributed by atoms with Gasteiger partial charge in [-0.2, -0.15) is 10.4 Å². The Morgan fingerprint density at radius 3 is 2.63 bits per heavy atom. The lowest BCUT2D eigenvalue weighted by molar-refractivity contribution is -0.138. The Hall–Kier alpha value is -3.03. The lowest BCUT2D eigenvalue weighted by Gasteiger charge is -2.21. The maximum atomic E-state index is 12.0. The number of carbonyl (C=O) groups is 2. The third kappa shape index (κ3) is 6.77. The molecule has 0 spiro atoms. The van der Waals surface area contributed by atoms with Gasteiger partial charge in [0, 0.05) is 12.8 Å². The molecule has 1 saturated carbocycles. The van der Waals surface area contributed by atoms with E-state index in [0.717, 1.165) is 12.8 Å². The summed E-state index contributed by atoms with van der Waals surface area (Å²) in [6, 6.07) is 5.73. The van der Waals surface area contributed by atoms with Crippen molar-refractivity contribution in [3.8, 4) is 6.07 Å². The average Bonchev–Trinajstić information content (AvgIpc) is 3.45. The number of hydrogen-bond acceptors (Lipinski definition) is 7. The number of carboxylic acid groups (broad SMARTS) is 1. The van der Waals surface area contributed by atoms with E-state index in [-0.39, 0.29) is 24.5 Å². The van der Waals surface area contributed by atoms with Crippen molar-refractivity contribution in [3.63, 3.8) is 0 Å². The van der Waals surface area contributed by atoms with E-state index >= 15 is 0 Å². The molecule has 2 aliphatic rings. The third-order valence-electron chi connectivity index (χ3n) is 6.48. The minimum Gasteiger partial charge on any atom is -0.481 e. The van der Waals surface area contributed by atoms with Gasteiger partial charge in [-0.25, -0.2) is 9.50 Å². The van der Waals surface area contributed by atoms with Crippen molar-refractivity contribution in [2.75, 3.05) is 11.9 Å². The van der Waals surface area contributed by atoms with Crippen molar-refractivity contribution in [2.24, 2.45) is 11.8 Å². The fourth-order valence-electron chi connectivity index (χ4n) is 4.75. The fourth-order valence-corrected chi connectivity index (χ4v) is 4.75. The van der Waals surface area contributed by atoms with Crippen LogP contribution in [0.5, 0.6) is 0 Å². The molecule has 2 unspecified atom stereocenters. The van der Waals surface area contributed by atoms with Crippen molar-refractivity contribution < 1.29 is 24.5 Å². The number of amides is 1. The Bertz CT molecular complexity index is 1060. The maximum Gasteiger partial charge on any atom is 0.303 e. The van der Waals surface area contributed by atoms with Gasteiger partial charge < -0.3 is 20.3 Å². The van der Waals surface area contributed by atoms with Gasteiger partial charge in [0.1, 0.15) is 17.9 Å². The summed E-state index contributed by atoms with van der Waals surface area (Å²) in [5.41, 5.74) is 0.0101. The summed E-state index contributed by atoms with van der Waals surface area (Å²) in [5.74, 6) is 0.366. The molecule has 0 bridgehead atoms. The van der Waals surface area contributed by atoms with Gasteiger partial charge in [0.05, 0.1) is 18.4 Å². The predicted octanol–water partition coefficient (Wildman–Crippen LogP) is 3.65. The topological polar surface area (TPSA) is 150 Å². The second-order valence-electron chi connectivity index (χ2n) is 9.77. The van der Waals surface area contributed by atoms with Crippen molar-refractivity contribution in [2.45, 2.75) is 83.3 Å². The van der Waals surface area contributed by atoms with Crippen LogP contribution in [-0.2, 0) is 19.9 Å². The molecular weight excluding hydrogens is 450 g/mol. The summed E-state index contributed by atoms with van der Waals surface area (Å²) in [5, 5.41) is 34.5. The number of ether oxygens (including phenoxy) is 1. The quantitative estimate of drug-likeness (QED) is 0.538. The van der Waals surface area contributed by atoms with Gasteiger partial charge in [-0.05, 0) is 49.7 Å². The van der Waals surface area contributed by atoms with Crippen LogP contribution < -0.4 is 5.32 Å². The molecule has 190 valence electrons. The molecule has 2 fully saturated rings. The first kappa shape index (κ1) is 26.6. The van der Waals surface area contributed by atoms with Crippen molar-refractivity contribution >= 4 is 23.2 Å². The summed E-state index contributed by atoms with van der Waals surface area (Å²) in [6.45, 7) is 3.81. The van der Waals surface area contributed by atoms with Gasteiger partial charge in [0.15, 0.2) is 11.4 Å². The number of carboxylic acids is 1. The highest BCUT2D eigenvalue weighted by atomic mass is 16.5. The number of nitriles is 1. The van der Waals surface area contributed by atoms with E-state index in [2.05, 4.69) is 21.5 Å². The monoisotopic (exact) mass is 485 g/mol. The zero-order chi connectivity index (χ0) is 25.4. The number of aromatic nitrogens is 3. The molecule has 10 heteroatoms. The Morgan fingerprint density at radius 2 is 2.03 bits per heavy atom. The maximum absolute atomic E-state index is 12.0. The van der Waals surface area contributed by atoms with Gasteiger partial charge in [0.25, 0.3) is 0 Å². The van der Waals surface area contributed by atoms with E-state index in [0.29, 0.717) is 48.6 Å². The van der Waals surface area contributed by atoms with Crippen LogP contribution in [0.3, 0.4) is 0 Å². The van der Waals surface area contributed by atoms with Crippen LogP contribution in [0.25, 0.3) is 5.52 Å². The number of nitrogens with one attached hydrogen (secondary N) is 1. The Labute approximate surface area is 205 Å². The van der Waals surface area contributed by atoms with Crippen LogP contribution in [0.4, 0.5) is 5.82 Å². The molecule has 10 nitrogen and oxygen atoms in total. The zero-order valence-electron chi connectivity index (χ0n) is 20.4. The molecule has 3 heterocycles. The van der Waals surface area contributed by atoms with Crippen LogP contribution in [0, 0.1) is 23.2 Å². The average molecular weight is 486 g/mol. The molecule has 1 saturated heterocycles. The first-order valence-corrected chi connectivity index (χ1v) is 12.3. The first-order valence-electron chi connectivity index (χ1n) is 12.3. The molecule has 3 N–H and O–H groups in total. The number of rotatable bonds is 7. The fraction of sp³-hybridized carbons (Fsp3) is 0.640. The predicted molar refractivity (Wildman–Crippen MR) is 128 cm³/mol. The number of fused-ring (bicyclic) bond motifs is 1. The third-order valence-corrected chi connectivity index (χ3v) is 6.48. The lowest BCUT2D eigenvalue weighted by Crippen LogP contribution is -2.28. The van der Waals surface area contributed by atoms with Crippen LogP contribution in [0.1, 0.15) is 77.3 Å². The van der Waals surface area contributed by atoms with Crippen molar-refractivity contribution in [1.82, 2.24) is 14.6 Å². The second-order valence-corrected chi connectivity index (χ2v) is 9.77. The number of aliphatic hydroxyl groups is 1. The number of nitrogens with zero attached hydrogens (tertiary/aromatic N) is 4. The van der Waals surface area contributed by atoms with Crippen molar-refractivity contribution in [1.29, 1.82) is 5.26 Å². The van der Waals surface area contributed by atoms with Crippen LogP contribution in [0.15, 0.2) is 18.5 Å². The van der Waals surface area contributed by atoms with Crippen LogP contribution in [-0.4, -0.2) is 49.4 Å². The molecule has 1 aliphatic carbocycles. The van der Waals surface area contributed by atoms with E-state index in [1.165, 1.54) is 25.6 Å². The summed E-state index contributed by atoms with van der Waals surface area (Å²) >= 11 is 0. The first-order chi connectivity index (χ1) is 16.8. The standard InChI is InChI=1S/C17H21N5O3.C8H14O2/c1-11(2)7-15(24)21-16-13-3-4-14(22(13)20-10-19-16)17(9-18)6-5-12(8-23)25-17;9-8(10)6-7-4-2-1-3-5-7/h3-4,10-12,23H,5-8H2,1-2H3,(H,19,20,21,24);7H,1-6H2,(H,9,10). The highest BCUT2D eigenvalue weighted by Gasteiger charge is 2.44. The van der Waals surface area contributed by atoms with Crippen molar-refractivity contribution in [3.05, 3.63) is 24.2 Å². The van der Waals surface area contributed by atoms with Gasteiger partial charge in [0.2, 0.25) is 5.91 Å². The zero-order valence-corrected chi connectivity index (χ0v) is 20.4. The smallest absolute Gasteiger partial charge is 0.303 e. The minimum absolute atomic E-state index is 0.120. The molecular formula is C25H35N5O5. The van der Waals surface area contributed by atoms with E-state index < -0.39 is 11.6 Å². The Morgan fingerprint density at radius 1 is 1.29 bits per heavy atom. The molecule has 4 rings (SSSR count). The highest BCUT2D eigenvalue weighted by molar-refractivity contribution is 5.93. The lowest BCUT2D eigenvalue weighted by atomic mass is 9.87. The molecule has 1 aliphatic heterocycles. The molecule has 2 aromatic rings. The van der Waals surface area contributed by atoms with Gasteiger partial charge in [-0.1, -0.05) is 33.1 Å². The summed E-state index contributed by atoms with van der Waals surface area (Å²) in [4.78, 5) is 26.5. The molecule has 0 radical (unpaired) electrons. The highest BCUT2D eigenvalue weighted by Crippen LogP contribution is 2.39. The number of anilines is 1. The largest absolute Gasteiger partial charge is 0.481 e. The normalized spacial score (nSPS) is 22.4. The van der Waals surface area contributed by atoms with E-state index in [4.69, 9.17) is 9.84 Å². The summed E-state index contributed by atoms with van der Waals surface area (Å²) in [6.07, 6.45) is 8.86. The summed E-state index contributed by atoms with van der Waals surface area (Å²) in [7, 11) is 0. The van der Waals surface area contributed by atoms with Gasteiger partial charge >= 0.3 is 5.97 Å². The molecule has 0 aromatic carbocycles. The number of hydrogen-bond donors (Lipinski definition) is 3. The van der Waals surface area contributed by atoms with Crippen LogP contribution >= 0.6 is 0 Å². The number of aliphatic hydroxyl groups excluding tert-OH is 1. The number of aliphatic carboxylic acids is 1. The molecule has 1 amide bonds. The minimum atomic E-state index is -1.16. The van der Waals surface area contributed by atoms with Crippen LogP contribution in [0.2, 0.25) is 0 Å². The van der Waals surface area contributed by atoms with E-state index in [1.807, 2.05) is 13.8 Å². The molecule has 2 atom stereocenters. The Kier molecular flexibility index (Phi) is 9.18. The van der Waals surface area contributed by atoms with E-state index in [9.17, 15) is 20.0 Å². The van der Waals surface area contributed by atoms with E-state index in [1.54, 1.807) is 16.6 Å². The van der Waals surface area contributed by atoms with Gasteiger partial charge in [-0.3, -0.25) is 9.59 Å². The number of carbonyl (C=O) groups excluding carboxylic acids is 1. The summed E-state index contributed by atoms with van der Waals surface area (Å²) < 4.78 is 7.36. The SMILES string of the molecule is CC(C)CC(=O)Nc1ncnn2c(C3(C#N)CCC(CO)O3)ccc12.O=C(O)CC1CCCCC1. The second kappa shape index (κ2) is 12.1. The molecule has 2 aromatic heterocycles. The molecule has 35 heavy (non-hydrogen) atoms. The Balaban J connectivity index is 0.000000287.